The summed E-state index contributed by atoms with van der Waals surface area (Å²) >= 11 is 0. The van der Waals surface area contributed by atoms with Gasteiger partial charge in [-0.1, -0.05) is 37.3 Å². The monoisotopic (exact) mass is 224 g/mol. The molecule has 1 unspecified atom stereocenters. The molecular formula is C12H20O2Si. The van der Waals surface area contributed by atoms with Crippen molar-refractivity contribution in [2.45, 2.75) is 26.3 Å². The van der Waals surface area contributed by atoms with E-state index in [1.807, 2.05) is 13.0 Å². The summed E-state index contributed by atoms with van der Waals surface area (Å²) in [5, 5.41) is 0. The van der Waals surface area contributed by atoms with Crippen molar-refractivity contribution in [1.29, 1.82) is 0 Å². The summed E-state index contributed by atoms with van der Waals surface area (Å²) < 4.78 is 11.3. The highest BCUT2D eigenvalue weighted by Crippen LogP contribution is 2.02. The van der Waals surface area contributed by atoms with E-state index in [9.17, 15) is 0 Å². The smallest absolute Gasteiger partial charge is 0.321 e. The molecule has 84 valence electrons. The molecule has 0 fully saturated rings. The highest BCUT2D eigenvalue weighted by atomic mass is 28.3. The van der Waals surface area contributed by atoms with Gasteiger partial charge in [-0.25, -0.2) is 0 Å². The van der Waals surface area contributed by atoms with Crippen molar-refractivity contribution in [1.82, 2.24) is 0 Å². The molecule has 2 nitrogen and oxygen atoms in total. The lowest BCUT2D eigenvalue weighted by atomic mass is 10.2. The predicted octanol–water partition coefficient (Wildman–Crippen LogP) is 2.52. The normalized spacial score (nSPS) is 12.7. The Hall–Kier alpha value is -0.643. The minimum Gasteiger partial charge on any atom is -0.397 e. The van der Waals surface area contributed by atoms with Crippen LogP contribution in [0.2, 0.25) is 6.04 Å². The molecule has 0 N–H and O–H groups in total. The standard InChI is InChI=1S/C12H20O2Si/c1-3-13-15(4-2)14-11-10-12-8-6-5-7-9-12/h5-9,15H,3-4,10-11H2,1-2H3. The Balaban J connectivity index is 2.20. The van der Waals surface area contributed by atoms with Gasteiger partial charge < -0.3 is 8.85 Å². The molecule has 15 heavy (non-hydrogen) atoms. The van der Waals surface area contributed by atoms with E-state index in [4.69, 9.17) is 8.85 Å². The molecule has 0 saturated heterocycles. The molecular weight excluding hydrogens is 204 g/mol. The number of hydrogen-bond acceptors (Lipinski definition) is 2. The van der Waals surface area contributed by atoms with Crippen molar-refractivity contribution in [3.05, 3.63) is 35.9 Å². The molecule has 0 heterocycles. The fourth-order valence-electron chi connectivity index (χ4n) is 1.42. The van der Waals surface area contributed by atoms with Crippen LogP contribution >= 0.6 is 0 Å². The van der Waals surface area contributed by atoms with Crippen molar-refractivity contribution in [2.75, 3.05) is 13.2 Å². The summed E-state index contributed by atoms with van der Waals surface area (Å²) in [6, 6.07) is 11.5. The number of benzene rings is 1. The molecule has 1 atom stereocenters. The second kappa shape index (κ2) is 7.62. The zero-order valence-corrected chi connectivity index (χ0v) is 10.8. The highest BCUT2D eigenvalue weighted by molar-refractivity contribution is 6.44. The summed E-state index contributed by atoms with van der Waals surface area (Å²) in [6.07, 6.45) is 0.984. The van der Waals surface area contributed by atoms with Crippen molar-refractivity contribution in [3.8, 4) is 0 Å². The molecule has 1 aromatic rings. The second-order valence-corrected chi connectivity index (χ2v) is 5.74. The summed E-state index contributed by atoms with van der Waals surface area (Å²) in [5.74, 6) is 0. The topological polar surface area (TPSA) is 18.5 Å². The Kier molecular flexibility index (Phi) is 6.32. The maximum Gasteiger partial charge on any atom is 0.321 e. The first-order chi connectivity index (χ1) is 7.36. The third-order valence-corrected chi connectivity index (χ3v) is 4.20. The fraction of sp³-hybridized carbons (Fsp3) is 0.500. The van der Waals surface area contributed by atoms with Crippen molar-refractivity contribution in [2.24, 2.45) is 0 Å². The van der Waals surface area contributed by atoms with Gasteiger partial charge in [-0.3, -0.25) is 0 Å². The molecule has 0 bridgehead atoms. The molecule has 0 amide bonds. The first-order valence-electron chi connectivity index (χ1n) is 5.64. The van der Waals surface area contributed by atoms with Gasteiger partial charge in [-0.2, -0.15) is 0 Å². The van der Waals surface area contributed by atoms with Gasteiger partial charge in [0.2, 0.25) is 0 Å². The van der Waals surface area contributed by atoms with E-state index in [-0.39, 0.29) is 0 Å². The third kappa shape index (κ3) is 5.11. The molecule has 1 rings (SSSR count). The third-order valence-electron chi connectivity index (χ3n) is 2.22. The molecule has 0 radical (unpaired) electrons. The molecule has 1 aromatic carbocycles. The average molecular weight is 224 g/mol. The van der Waals surface area contributed by atoms with Gasteiger partial charge >= 0.3 is 9.28 Å². The molecule has 0 aromatic heterocycles. The van der Waals surface area contributed by atoms with Gasteiger partial charge in [0.25, 0.3) is 0 Å². The lowest BCUT2D eigenvalue weighted by Gasteiger charge is -2.13. The zero-order chi connectivity index (χ0) is 10.9. The van der Waals surface area contributed by atoms with Crippen LogP contribution in [0.3, 0.4) is 0 Å². The number of rotatable bonds is 7. The minimum absolute atomic E-state index is 0.774. The van der Waals surface area contributed by atoms with Gasteiger partial charge in [-0.15, -0.1) is 0 Å². The quantitative estimate of drug-likeness (QED) is 0.663. The van der Waals surface area contributed by atoms with Crippen molar-refractivity contribution < 1.29 is 8.85 Å². The highest BCUT2D eigenvalue weighted by Gasteiger charge is 2.08. The SMILES string of the molecule is CCO[SiH](CC)OCCc1ccccc1. The van der Waals surface area contributed by atoms with E-state index < -0.39 is 9.28 Å². The molecule has 0 aliphatic rings. The first-order valence-corrected chi connectivity index (χ1v) is 7.39. The van der Waals surface area contributed by atoms with Crippen LogP contribution in [0, 0.1) is 0 Å². The largest absolute Gasteiger partial charge is 0.397 e. The molecule has 0 aliphatic heterocycles. The summed E-state index contributed by atoms with van der Waals surface area (Å²) in [4.78, 5) is 0. The van der Waals surface area contributed by atoms with E-state index in [1.165, 1.54) is 5.56 Å². The van der Waals surface area contributed by atoms with E-state index in [1.54, 1.807) is 0 Å². The van der Waals surface area contributed by atoms with E-state index >= 15 is 0 Å². The minimum atomic E-state index is -1.35. The van der Waals surface area contributed by atoms with Crippen LogP contribution in [0.15, 0.2) is 30.3 Å². The van der Waals surface area contributed by atoms with E-state index in [2.05, 4.69) is 31.2 Å². The van der Waals surface area contributed by atoms with Crippen LogP contribution in [0.4, 0.5) is 0 Å². The van der Waals surface area contributed by atoms with E-state index in [0.717, 1.165) is 25.7 Å². The van der Waals surface area contributed by atoms with Crippen LogP contribution in [0.5, 0.6) is 0 Å². The zero-order valence-electron chi connectivity index (χ0n) is 9.61. The van der Waals surface area contributed by atoms with Gasteiger partial charge in [-0.05, 0) is 25.0 Å². The van der Waals surface area contributed by atoms with Crippen LogP contribution in [0.1, 0.15) is 19.4 Å². The number of hydrogen-bond donors (Lipinski definition) is 0. The fourth-order valence-corrected chi connectivity index (χ4v) is 2.74. The Morgan fingerprint density at radius 1 is 1.07 bits per heavy atom. The van der Waals surface area contributed by atoms with Gasteiger partial charge in [0.15, 0.2) is 0 Å². The maximum absolute atomic E-state index is 5.75. The summed E-state index contributed by atoms with van der Waals surface area (Å²) in [5.41, 5.74) is 1.33. The second-order valence-electron chi connectivity index (χ2n) is 3.40. The summed E-state index contributed by atoms with van der Waals surface area (Å²) in [7, 11) is -1.35. The Morgan fingerprint density at radius 3 is 2.40 bits per heavy atom. The van der Waals surface area contributed by atoms with Crippen molar-refractivity contribution >= 4 is 9.28 Å². The van der Waals surface area contributed by atoms with Gasteiger partial charge in [0.05, 0.1) is 0 Å². The van der Waals surface area contributed by atoms with Crippen LogP contribution < -0.4 is 0 Å². The molecule has 3 heteroatoms. The van der Waals surface area contributed by atoms with Crippen LogP contribution in [0.25, 0.3) is 0 Å². The molecule has 0 spiro atoms. The van der Waals surface area contributed by atoms with Crippen LogP contribution in [-0.2, 0) is 15.3 Å². The lowest BCUT2D eigenvalue weighted by molar-refractivity contribution is 0.207. The lowest BCUT2D eigenvalue weighted by Crippen LogP contribution is -2.22. The molecule has 0 saturated carbocycles. The Bertz CT molecular complexity index is 251. The van der Waals surface area contributed by atoms with Gasteiger partial charge in [0, 0.05) is 13.2 Å². The van der Waals surface area contributed by atoms with Gasteiger partial charge in [0.1, 0.15) is 0 Å². The van der Waals surface area contributed by atoms with Crippen molar-refractivity contribution in [3.63, 3.8) is 0 Å². The average Bonchev–Trinajstić information content (AvgIpc) is 2.29. The Morgan fingerprint density at radius 2 is 1.80 bits per heavy atom. The Labute approximate surface area is 94.1 Å². The summed E-state index contributed by atoms with van der Waals surface area (Å²) in [6.45, 7) is 5.72. The van der Waals surface area contributed by atoms with E-state index in [0.29, 0.717) is 0 Å². The first kappa shape index (κ1) is 12.4. The maximum atomic E-state index is 5.75. The van der Waals surface area contributed by atoms with Crippen LogP contribution in [-0.4, -0.2) is 22.5 Å². The predicted molar refractivity (Wildman–Crippen MR) is 65.4 cm³/mol. The molecule has 0 aliphatic carbocycles.